The molecular weight excluding hydrogens is 204 g/mol. The highest BCUT2D eigenvalue weighted by molar-refractivity contribution is 4.82. The van der Waals surface area contributed by atoms with Gasteiger partial charge in [0.15, 0.2) is 0 Å². The number of hydrogen-bond donors (Lipinski definition) is 0. The molecule has 0 heterocycles. The molecule has 0 rings (SSSR count). The highest BCUT2D eigenvalue weighted by Gasteiger charge is 1.88. The van der Waals surface area contributed by atoms with E-state index in [0.717, 1.165) is 0 Å². The summed E-state index contributed by atoms with van der Waals surface area (Å²) < 4.78 is 0. The summed E-state index contributed by atoms with van der Waals surface area (Å²) in [6, 6.07) is 0. The van der Waals surface area contributed by atoms with E-state index >= 15 is 0 Å². The molecule has 0 heteroatoms. The van der Waals surface area contributed by atoms with Crippen molar-refractivity contribution in [1.29, 1.82) is 0 Å². The Balaban J connectivity index is 3.04. The first-order valence-electron chi connectivity index (χ1n) is 7.68. The summed E-state index contributed by atoms with van der Waals surface area (Å²) in [5.74, 6) is 0. The van der Waals surface area contributed by atoms with Gasteiger partial charge in [0, 0.05) is 0 Å². The molecule has 0 aromatic carbocycles. The third-order valence-electron chi connectivity index (χ3n) is 3.12. The van der Waals surface area contributed by atoms with Crippen LogP contribution >= 0.6 is 0 Å². The first-order chi connectivity index (χ1) is 8.41. The maximum absolute atomic E-state index is 2.38. The molecule has 0 aliphatic rings. The lowest BCUT2D eigenvalue weighted by atomic mass is 10.1. The second-order valence-corrected chi connectivity index (χ2v) is 4.88. The van der Waals surface area contributed by atoms with Crippen molar-refractivity contribution in [2.45, 2.75) is 84.5 Å². The smallest absolute Gasteiger partial charge is 0.0351 e. The Bertz CT molecular complexity index is 176. The van der Waals surface area contributed by atoms with Crippen LogP contribution in [0.15, 0.2) is 24.3 Å². The van der Waals surface area contributed by atoms with Gasteiger partial charge in [-0.3, -0.25) is 0 Å². The number of allylic oxidation sites excluding steroid dienone is 4. The summed E-state index contributed by atoms with van der Waals surface area (Å²) in [6.45, 7) is 4.37. The molecule has 0 aromatic heterocycles. The van der Waals surface area contributed by atoms with Crippen LogP contribution in [0.3, 0.4) is 0 Å². The maximum Gasteiger partial charge on any atom is -0.0351 e. The second-order valence-electron chi connectivity index (χ2n) is 4.88. The second kappa shape index (κ2) is 15.5. The molecule has 0 atom stereocenters. The minimum atomic E-state index is 1.25. The highest BCUT2D eigenvalue weighted by Crippen LogP contribution is 2.08. The Morgan fingerprint density at radius 1 is 0.588 bits per heavy atom. The Labute approximate surface area is 109 Å². The Hall–Kier alpha value is -0.520. The van der Waals surface area contributed by atoms with Crippen molar-refractivity contribution in [2.75, 3.05) is 0 Å². The normalized spacial score (nSPS) is 11.9. The van der Waals surface area contributed by atoms with Crippen LogP contribution in [0.5, 0.6) is 0 Å². The summed E-state index contributed by atoms with van der Waals surface area (Å²) in [4.78, 5) is 0. The van der Waals surface area contributed by atoms with Crippen LogP contribution < -0.4 is 0 Å². The summed E-state index contributed by atoms with van der Waals surface area (Å²) >= 11 is 0. The van der Waals surface area contributed by atoms with Gasteiger partial charge in [0.25, 0.3) is 0 Å². The molecule has 0 bridgehead atoms. The van der Waals surface area contributed by atoms with Gasteiger partial charge in [-0.2, -0.15) is 0 Å². The zero-order chi connectivity index (χ0) is 12.6. The maximum atomic E-state index is 2.38. The standard InChI is InChI=1S/C17H32/c1-3-5-7-9-11-13-15-17-16-14-12-10-8-6-4-2/h3,5,15,17H,4,6-14,16H2,1-2H3/b5-3+,17-15+. The van der Waals surface area contributed by atoms with Crippen LogP contribution in [0.1, 0.15) is 84.5 Å². The zero-order valence-electron chi connectivity index (χ0n) is 12.1. The van der Waals surface area contributed by atoms with E-state index in [1.54, 1.807) is 0 Å². The van der Waals surface area contributed by atoms with Gasteiger partial charge in [-0.05, 0) is 45.4 Å². The molecule has 0 N–H and O–H groups in total. The minimum Gasteiger partial charge on any atom is -0.0917 e. The van der Waals surface area contributed by atoms with E-state index in [2.05, 4.69) is 38.2 Å². The van der Waals surface area contributed by atoms with Crippen molar-refractivity contribution in [3.05, 3.63) is 24.3 Å². The molecule has 0 aliphatic heterocycles. The summed E-state index contributed by atoms with van der Waals surface area (Å²) in [7, 11) is 0. The van der Waals surface area contributed by atoms with Gasteiger partial charge in [-0.15, -0.1) is 0 Å². The third-order valence-corrected chi connectivity index (χ3v) is 3.12. The molecule has 0 radical (unpaired) electrons. The van der Waals surface area contributed by atoms with Gasteiger partial charge < -0.3 is 0 Å². The van der Waals surface area contributed by atoms with Gasteiger partial charge in [0.05, 0.1) is 0 Å². The van der Waals surface area contributed by atoms with E-state index in [-0.39, 0.29) is 0 Å². The van der Waals surface area contributed by atoms with Gasteiger partial charge in [0.1, 0.15) is 0 Å². The molecule has 0 saturated carbocycles. The lowest BCUT2D eigenvalue weighted by Gasteiger charge is -1.97. The Morgan fingerprint density at radius 2 is 1.06 bits per heavy atom. The van der Waals surface area contributed by atoms with E-state index in [9.17, 15) is 0 Å². The fraction of sp³-hybridized carbons (Fsp3) is 0.765. The molecule has 0 spiro atoms. The SMILES string of the molecule is C/C=C/CCCC/C=C/CCCCCCCC. The predicted octanol–water partition coefficient (Wildman–Crippen LogP) is 6.43. The van der Waals surface area contributed by atoms with Crippen LogP contribution in [0.4, 0.5) is 0 Å². The molecule has 0 saturated heterocycles. The van der Waals surface area contributed by atoms with Gasteiger partial charge in [-0.25, -0.2) is 0 Å². The van der Waals surface area contributed by atoms with E-state index in [4.69, 9.17) is 0 Å². The van der Waals surface area contributed by atoms with E-state index < -0.39 is 0 Å². The molecule has 0 aliphatic carbocycles. The molecule has 0 unspecified atom stereocenters. The summed E-state index contributed by atoms with van der Waals surface area (Å²) in [5, 5.41) is 0. The lowest BCUT2D eigenvalue weighted by molar-refractivity contribution is 0.611. The number of hydrogen-bond acceptors (Lipinski definition) is 0. The van der Waals surface area contributed by atoms with Crippen LogP contribution in [-0.2, 0) is 0 Å². The Kier molecular flexibility index (Phi) is 15.0. The van der Waals surface area contributed by atoms with Crippen molar-refractivity contribution in [2.24, 2.45) is 0 Å². The van der Waals surface area contributed by atoms with E-state index in [1.165, 1.54) is 70.6 Å². The van der Waals surface area contributed by atoms with Crippen molar-refractivity contribution >= 4 is 0 Å². The highest BCUT2D eigenvalue weighted by atomic mass is 13.9. The third kappa shape index (κ3) is 15.5. The largest absolute Gasteiger partial charge is 0.0917 e. The van der Waals surface area contributed by atoms with E-state index in [1.807, 2.05) is 0 Å². The first kappa shape index (κ1) is 16.5. The minimum absolute atomic E-state index is 1.25. The van der Waals surface area contributed by atoms with Crippen molar-refractivity contribution in [3.63, 3.8) is 0 Å². The number of unbranched alkanes of at least 4 members (excludes halogenated alkanes) is 9. The molecule has 0 nitrogen and oxygen atoms in total. The summed E-state index contributed by atoms with van der Waals surface area (Å²) in [5.41, 5.74) is 0. The van der Waals surface area contributed by atoms with Crippen molar-refractivity contribution in [1.82, 2.24) is 0 Å². The monoisotopic (exact) mass is 236 g/mol. The predicted molar refractivity (Wildman–Crippen MR) is 80.4 cm³/mol. The van der Waals surface area contributed by atoms with Gasteiger partial charge in [-0.1, -0.05) is 63.3 Å². The fourth-order valence-corrected chi connectivity index (χ4v) is 1.97. The van der Waals surface area contributed by atoms with Gasteiger partial charge in [0.2, 0.25) is 0 Å². The molecular formula is C17H32. The molecule has 17 heavy (non-hydrogen) atoms. The van der Waals surface area contributed by atoms with Crippen molar-refractivity contribution in [3.8, 4) is 0 Å². The average molecular weight is 236 g/mol. The van der Waals surface area contributed by atoms with Crippen LogP contribution in [0.25, 0.3) is 0 Å². The molecule has 0 aromatic rings. The van der Waals surface area contributed by atoms with Crippen LogP contribution in [-0.4, -0.2) is 0 Å². The molecule has 0 amide bonds. The molecule has 100 valence electrons. The number of rotatable bonds is 12. The van der Waals surface area contributed by atoms with Crippen molar-refractivity contribution < 1.29 is 0 Å². The fourth-order valence-electron chi connectivity index (χ4n) is 1.97. The zero-order valence-corrected chi connectivity index (χ0v) is 12.1. The summed E-state index contributed by atoms with van der Waals surface area (Å²) in [6.07, 6.45) is 24.1. The topological polar surface area (TPSA) is 0 Å². The van der Waals surface area contributed by atoms with E-state index in [0.29, 0.717) is 0 Å². The average Bonchev–Trinajstić information content (AvgIpc) is 2.35. The van der Waals surface area contributed by atoms with Gasteiger partial charge >= 0.3 is 0 Å². The first-order valence-corrected chi connectivity index (χ1v) is 7.68. The lowest BCUT2D eigenvalue weighted by Crippen LogP contribution is -1.78. The Morgan fingerprint density at radius 3 is 1.65 bits per heavy atom. The van der Waals surface area contributed by atoms with Crippen LogP contribution in [0, 0.1) is 0 Å². The quantitative estimate of drug-likeness (QED) is 0.270. The van der Waals surface area contributed by atoms with Crippen LogP contribution in [0.2, 0.25) is 0 Å². The molecule has 0 fully saturated rings.